The van der Waals surface area contributed by atoms with Crippen LogP contribution in [0.5, 0.6) is 0 Å². The lowest BCUT2D eigenvalue weighted by atomic mass is 9.99. The van der Waals surface area contributed by atoms with Crippen molar-refractivity contribution in [1.82, 2.24) is 0 Å². The van der Waals surface area contributed by atoms with Gasteiger partial charge in [0.05, 0.1) is 24.4 Å². The molecule has 0 N–H and O–H groups in total. The number of carbonyl (C=O) groups excluding carboxylic acids is 1. The first-order valence-corrected chi connectivity index (χ1v) is 33.8. The Morgan fingerprint density at radius 2 is 0.945 bits per heavy atom. The quantitative estimate of drug-likeness (QED) is 0.0366. The molecule has 2 rings (SSSR count). The Morgan fingerprint density at radius 1 is 0.564 bits per heavy atom. The molecule has 1 saturated heterocycles. The molecule has 324 valence electrons. The molecule has 0 spiro atoms. The van der Waals surface area contributed by atoms with Crippen molar-refractivity contribution in [2.24, 2.45) is 0 Å². The predicted octanol–water partition coefficient (Wildman–Crippen LogP) is 14.4. The summed E-state index contributed by atoms with van der Waals surface area (Å²) < 4.78 is 32.6. The van der Waals surface area contributed by atoms with Crippen LogP contribution in [-0.2, 0) is 27.5 Å². The van der Waals surface area contributed by atoms with Crippen molar-refractivity contribution in [1.29, 1.82) is 0 Å². The van der Waals surface area contributed by atoms with Gasteiger partial charge in [-0.2, -0.15) is 0 Å². The Balaban J connectivity index is 1.73. The lowest BCUT2D eigenvalue weighted by Gasteiger charge is -2.33. The molecule has 2 aliphatic heterocycles. The van der Waals surface area contributed by atoms with Crippen LogP contribution in [0, 0.1) is 0 Å². The first kappa shape index (κ1) is 50.8. The van der Waals surface area contributed by atoms with Crippen LogP contribution in [0.3, 0.4) is 0 Å². The van der Waals surface area contributed by atoms with Gasteiger partial charge in [-0.3, -0.25) is 0 Å². The molecule has 9 heteroatoms. The van der Waals surface area contributed by atoms with Gasteiger partial charge < -0.3 is 22.8 Å². The summed E-state index contributed by atoms with van der Waals surface area (Å²) in [5.74, 6) is -0.103. The van der Waals surface area contributed by atoms with E-state index in [9.17, 15) is 4.79 Å². The number of rotatable bonds is 34. The van der Waals surface area contributed by atoms with Gasteiger partial charge in [0, 0.05) is 11.7 Å². The highest BCUT2D eigenvalue weighted by Gasteiger charge is 2.39. The van der Waals surface area contributed by atoms with Gasteiger partial charge in [-0.05, 0) is 123 Å². The van der Waals surface area contributed by atoms with E-state index in [1.807, 2.05) is 13.0 Å². The summed E-state index contributed by atoms with van der Waals surface area (Å²) in [5, 5.41) is 0. The van der Waals surface area contributed by atoms with Crippen molar-refractivity contribution in [2.75, 3.05) is 0 Å². The van der Waals surface area contributed by atoms with Crippen molar-refractivity contribution in [3.8, 4) is 0 Å². The summed E-state index contributed by atoms with van der Waals surface area (Å²) >= 11 is 0. The average Bonchev–Trinajstić information content (AvgIpc) is 3.69. The van der Waals surface area contributed by atoms with E-state index in [0.717, 1.165) is 44.1 Å². The van der Waals surface area contributed by atoms with E-state index in [2.05, 4.69) is 65.8 Å². The number of cyclic esters (lactones) is 1. The third kappa shape index (κ3) is 25.7. The molecule has 0 aromatic rings. The van der Waals surface area contributed by atoms with Crippen LogP contribution in [0.4, 0.5) is 0 Å². The maximum Gasteiger partial charge on any atom is 0.334 e. The van der Waals surface area contributed by atoms with Gasteiger partial charge in [0.25, 0.3) is 0 Å². The minimum absolute atomic E-state index is 0.0420. The summed E-state index contributed by atoms with van der Waals surface area (Å²) in [5.41, 5.74) is 0.885. The largest absolute Gasteiger partial charge is 0.455 e. The average molecular weight is 825 g/mol. The van der Waals surface area contributed by atoms with Gasteiger partial charge in [0.2, 0.25) is 0 Å². The summed E-state index contributed by atoms with van der Waals surface area (Å²) in [7, 11) is -4.97. The van der Waals surface area contributed by atoms with E-state index in [0.29, 0.717) is 6.10 Å². The number of carbonyl (C=O) groups is 1. The molecular weight excluding hydrogens is 733 g/mol. The number of unbranched alkanes of at least 4 members (excludes halogenated alkanes) is 16. The first-order valence-electron chi connectivity index (χ1n) is 23.6. The Labute approximate surface area is 345 Å². The van der Waals surface area contributed by atoms with Crippen molar-refractivity contribution < 1.29 is 27.5 Å². The predicted molar refractivity (Wildman–Crippen MR) is 243 cm³/mol. The summed E-state index contributed by atoms with van der Waals surface area (Å²) in [4.78, 5) is 11.8. The fraction of sp³-hybridized carbons (Fsp3) is 0.935. The third-order valence-corrected chi connectivity index (χ3v) is 14.1. The fourth-order valence-electron chi connectivity index (χ4n) is 8.49. The van der Waals surface area contributed by atoms with Crippen molar-refractivity contribution in [3.05, 3.63) is 11.6 Å². The van der Waals surface area contributed by atoms with Crippen molar-refractivity contribution >= 4 is 30.9 Å². The second-order valence-corrected chi connectivity index (χ2v) is 33.6. The van der Waals surface area contributed by atoms with Gasteiger partial charge in [-0.25, -0.2) is 4.79 Å². The van der Waals surface area contributed by atoms with E-state index >= 15 is 0 Å². The van der Waals surface area contributed by atoms with Crippen molar-refractivity contribution in [3.63, 3.8) is 0 Å². The molecule has 2 heterocycles. The standard InChI is InChI=1S/C46H92O6Si3/c1-12-13-14-15-16-21-24-29-34-44(51-54(6,7)8)42-36-37-43(49-42)45(52-55(9,10)11)35-30-25-28-33-41(50-53(3,4)5)32-27-23-20-18-17-19-22-26-31-40-38-39(2)48-46(40)47/h38-39,41-45H,12-37H2,1-11H3/t39-,41?,42+,43+,44-,45+/m0/s1. The Kier molecular flexibility index (Phi) is 25.4. The van der Waals surface area contributed by atoms with Crippen LogP contribution in [-0.4, -0.2) is 67.5 Å². The molecule has 0 aromatic carbocycles. The fourth-order valence-corrected chi connectivity index (χ4v) is 12.1. The monoisotopic (exact) mass is 825 g/mol. The second-order valence-electron chi connectivity index (χ2n) is 20.3. The first-order chi connectivity index (χ1) is 26.0. The Bertz CT molecular complexity index is 1030. The molecule has 0 aliphatic carbocycles. The number of hydrogen-bond donors (Lipinski definition) is 0. The summed E-state index contributed by atoms with van der Waals surface area (Å²) in [6, 6.07) is 0. The number of hydrogen-bond acceptors (Lipinski definition) is 6. The molecule has 0 radical (unpaired) electrons. The molecule has 1 fully saturated rings. The third-order valence-electron chi connectivity index (χ3n) is 11.0. The van der Waals surface area contributed by atoms with Crippen LogP contribution in [0.1, 0.15) is 181 Å². The molecule has 0 bridgehead atoms. The lowest BCUT2D eigenvalue weighted by molar-refractivity contribution is -0.139. The molecule has 6 atom stereocenters. The van der Waals surface area contributed by atoms with Crippen LogP contribution < -0.4 is 0 Å². The highest BCUT2D eigenvalue weighted by Crippen LogP contribution is 2.33. The molecule has 0 amide bonds. The molecule has 1 unspecified atom stereocenters. The summed E-state index contributed by atoms with van der Waals surface area (Å²) in [6.45, 7) is 25.3. The van der Waals surface area contributed by atoms with Gasteiger partial charge in [-0.15, -0.1) is 0 Å². The Hall–Kier alpha value is -0.299. The van der Waals surface area contributed by atoms with E-state index in [-0.39, 0.29) is 36.5 Å². The van der Waals surface area contributed by atoms with E-state index in [4.69, 9.17) is 22.8 Å². The van der Waals surface area contributed by atoms with Crippen LogP contribution in [0.15, 0.2) is 11.6 Å². The Morgan fingerprint density at radius 3 is 1.35 bits per heavy atom. The molecule has 0 aromatic heterocycles. The topological polar surface area (TPSA) is 63.2 Å². The van der Waals surface area contributed by atoms with Crippen molar-refractivity contribution in [2.45, 2.75) is 276 Å². The normalized spacial score (nSPS) is 21.2. The molecule has 55 heavy (non-hydrogen) atoms. The smallest absolute Gasteiger partial charge is 0.334 e. The second kappa shape index (κ2) is 27.5. The maximum atomic E-state index is 11.8. The van der Waals surface area contributed by atoms with E-state index in [1.165, 1.54) is 128 Å². The SMILES string of the molecule is CCCCCCCCCC[C@H](O[Si](C)(C)C)[C@H]1CC[C@H]([C@@H](CCCCCC(CCCCCCCCCCC2=C[C@H](C)OC2=O)O[Si](C)(C)C)O[Si](C)(C)C)O1. The van der Waals surface area contributed by atoms with Crippen LogP contribution in [0.2, 0.25) is 58.9 Å². The van der Waals surface area contributed by atoms with E-state index < -0.39 is 25.0 Å². The zero-order chi connectivity index (χ0) is 40.7. The minimum Gasteiger partial charge on any atom is -0.455 e. The molecular formula is C46H92O6Si3. The van der Waals surface area contributed by atoms with Gasteiger partial charge >= 0.3 is 5.97 Å². The lowest BCUT2D eigenvalue weighted by Crippen LogP contribution is -2.42. The molecule has 2 aliphatic rings. The molecule has 0 saturated carbocycles. The number of ether oxygens (including phenoxy) is 2. The van der Waals surface area contributed by atoms with Crippen LogP contribution >= 0.6 is 0 Å². The van der Waals surface area contributed by atoms with E-state index in [1.54, 1.807) is 0 Å². The molecule has 6 nitrogen and oxygen atoms in total. The highest BCUT2D eigenvalue weighted by molar-refractivity contribution is 6.70. The van der Waals surface area contributed by atoms with Gasteiger partial charge in [0.1, 0.15) is 6.10 Å². The maximum absolute atomic E-state index is 11.8. The summed E-state index contributed by atoms with van der Waals surface area (Å²) in [6.07, 6.45) is 35.5. The van der Waals surface area contributed by atoms with Gasteiger partial charge in [-0.1, -0.05) is 122 Å². The van der Waals surface area contributed by atoms with Gasteiger partial charge in [0.15, 0.2) is 25.0 Å². The zero-order valence-corrected chi connectivity index (χ0v) is 41.4. The highest BCUT2D eigenvalue weighted by atomic mass is 28.4. The zero-order valence-electron chi connectivity index (χ0n) is 38.4. The van der Waals surface area contributed by atoms with Crippen LogP contribution in [0.25, 0.3) is 0 Å². The minimum atomic E-state index is -1.71. The number of esters is 1.